The minimum Gasteiger partial charge on any atom is -0.390 e. The van der Waals surface area contributed by atoms with E-state index in [1.54, 1.807) is 31.8 Å². The summed E-state index contributed by atoms with van der Waals surface area (Å²) in [6, 6.07) is 3.82. The van der Waals surface area contributed by atoms with Crippen LogP contribution in [0.2, 0.25) is 0 Å². The number of thioether (sulfide) groups is 1. The highest BCUT2D eigenvalue weighted by Crippen LogP contribution is 2.26. The van der Waals surface area contributed by atoms with E-state index in [2.05, 4.69) is 20.9 Å². The molecule has 0 aliphatic heterocycles. The molecule has 0 atom stereocenters. The smallest absolute Gasteiger partial charge is 0.110 e. The van der Waals surface area contributed by atoms with Crippen molar-refractivity contribution in [2.75, 3.05) is 5.75 Å². The van der Waals surface area contributed by atoms with Crippen molar-refractivity contribution < 1.29 is 5.11 Å². The molecule has 1 aromatic heterocycles. The van der Waals surface area contributed by atoms with Crippen LogP contribution in [-0.4, -0.2) is 21.4 Å². The quantitative estimate of drug-likeness (QED) is 0.850. The zero-order chi connectivity index (χ0) is 9.90. The summed E-state index contributed by atoms with van der Waals surface area (Å²) in [4.78, 5) is 4.19. The van der Waals surface area contributed by atoms with Crippen LogP contribution in [0.25, 0.3) is 0 Å². The molecular formula is C9H12BrNOS. The fourth-order valence-corrected chi connectivity index (χ4v) is 2.15. The fraction of sp³-hybridized carbons (Fsp3) is 0.444. The zero-order valence-electron chi connectivity index (χ0n) is 7.62. The maximum absolute atomic E-state index is 9.51. The van der Waals surface area contributed by atoms with Crippen LogP contribution in [0, 0.1) is 0 Å². The van der Waals surface area contributed by atoms with Crippen molar-refractivity contribution in [1.82, 2.24) is 4.98 Å². The predicted molar refractivity (Wildman–Crippen MR) is 59.0 cm³/mol. The van der Waals surface area contributed by atoms with Crippen LogP contribution in [0.1, 0.15) is 13.8 Å². The van der Waals surface area contributed by atoms with Gasteiger partial charge in [-0.3, -0.25) is 0 Å². The molecule has 2 nitrogen and oxygen atoms in total. The van der Waals surface area contributed by atoms with Gasteiger partial charge in [-0.25, -0.2) is 4.98 Å². The van der Waals surface area contributed by atoms with Gasteiger partial charge in [-0.2, -0.15) is 0 Å². The second kappa shape index (κ2) is 4.44. The molecule has 0 aromatic carbocycles. The third-order valence-electron chi connectivity index (χ3n) is 1.29. The summed E-state index contributed by atoms with van der Waals surface area (Å²) in [6.45, 7) is 3.58. The average Bonchev–Trinajstić information content (AvgIpc) is 2.01. The highest BCUT2D eigenvalue weighted by atomic mass is 79.9. The number of hydrogen-bond acceptors (Lipinski definition) is 3. The van der Waals surface area contributed by atoms with Crippen LogP contribution in [-0.2, 0) is 0 Å². The lowest BCUT2D eigenvalue weighted by Crippen LogP contribution is -2.21. The number of halogens is 1. The molecule has 4 heteroatoms. The standard InChI is InChI=1S/C9H12BrNOS/c1-9(2,12)6-13-8-7(10)4-3-5-11-8/h3-5,12H,6H2,1-2H3. The van der Waals surface area contributed by atoms with Crippen molar-refractivity contribution in [2.45, 2.75) is 24.5 Å². The first-order chi connectivity index (χ1) is 5.99. The molecule has 1 heterocycles. The van der Waals surface area contributed by atoms with E-state index < -0.39 is 5.60 Å². The summed E-state index contributed by atoms with van der Waals surface area (Å²) >= 11 is 4.95. The van der Waals surface area contributed by atoms with E-state index in [0.717, 1.165) is 9.50 Å². The molecule has 1 N–H and O–H groups in total. The number of hydrogen-bond donors (Lipinski definition) is 1. The van der Waals surface area contributed by atoms with Crippen molar-refractivity contribution in [3.05, 3.63) is 22.8 Å². The van der Waals surface area contributed by atoms with Crippen LogP contribution in [0.4, 0.5) is 0 Å². The Morgan fingerprint density at radius 3 is 2.85 bits per heavy atom. The Balaban J connectivity index is 2.60. The molecule has 0 unspecified atom stereocenters. The minimum atomic E-state index is -0.651. The van der Waals surface area contributed by atoms with Crippen LogP contribution in [0.5, 0.6) is 0 Å². The van der Waals surface area contributed by atoms with Crippen LogP contribution in [0.15, 0.2) is 27.8 Å². The van der Waals surface area contributed by atoms with Gasteiger partial charge >= 0.3 is 0 Å². The lowest BCUT2D eigenvalue weighted by molar-refractivity contribution is 0.107. The molecule has 0 saturated heterocycles. The molecular weight excluding hydrogens is 250 g/mol. The molecule has 0 bridgehead atoms. The third-order valence-corrected chi connectivity index (χ3v) is 3.64. The van der Waals surface area contributed by atoms with Gasteiger partial charge in [0.2, 0.25) is 0 Å². The normalized spacial score (nSPS) is 11.7. The number of aromatic nitrogens is 1. The molecule has 0 fully saturated rings. The van der Waals surface area contributed by atoms with E-state index in [0.29, 0.717) is 5.75 Å². The van der Waals surface area contributed by atoms with Crippen molar-refractivity contribution in [1.29, 1.82) is 0 Å². The Labute approximate surface area is 90.9 Å². The fourth-order valence-electron chi connectivity index (χ4n) is 0.722. The first-order valence-electron chi connectivity index (χ1n) is 3.95. The Bertz CT molecular complexity index is 285. The summed E-state index contributed by atoms with van der Waals surface area (Å²) in [5.74, 6) is 0.641. The molecule has 13 heavy (non-hydrogen) atoms. The van der Waals surface area contributed by atoms with Crippen molar-refractivity contribution in [2.24, 2.45) is 0 Å². The lowest BCUT2D eigenvalue weighted by Gasteiger charge is -2.15. The van der Waals surface area contributed by atoms with Gasteiger partial charge in [0.25, 0.3) is 0 Å². The maximum atomic E-state index is 9.51. The predicted octanol–water partition coefficient (Wildman–Crippen LogP) is 2.71. The Kier molecular flexibility index (Phi) is 3.76. The Hall–Kier alpha value is -0.0600. The number of nitrogens with zero attached hydrogens (tertiary/aromatic N) is 1. The van der Waals surface area contributed by atoms with Crippen LogP contribution in [0.3, 0.4) is 0 Å². The second-order valence-corrected chi connectivity index (χ2v) is 5.21. The van der Waals surface area contributed by atoms with E-state index in [1.165, 1.54) is 0 Å². The van der Waals surface area contributed by atoms with Crippen molar-refractivity contribution in [3.8, 4) is 0 Å². The van der Waals surface area contributed by atoms with Gasteiger partial charge in [-0.05, 0) is 41.9 Å². The summed E-state index contributed by atoms with van der Waals surface area (Å²) in [5.41, 5.74) is -0.651. The molecule has 0 aliphatic rings. The van der Waals surface area contributed by atoms with Gasteiger partial charge in [-0.15, -0.1) is 11.8 Å². The maximum Gasteiger partial charge on any atom is 0.110 e. The van der Waals surface area contributed by atoms with E-state index in [4.69, 9.17) is 0 Å². The molecule has 0 spiro atoms. The van der Waals surface area contributed by atoms with E-state index in [9.17, 15) is 5.11 Å². The minimum absolute atomic E-state index is 0.641. The SMILES string of the molecule is CC(C)(O)CSc1ncccc1Br. The molecule has 72 valence electrons. The lowest BCUT2D eigenvalue weighted by atomic mass is 10.2. The number of aliphatic hydroxyl groups is 1. The van der Waals surface area contributed by atoms with Gasteiger partial charge in [0.15, 0.2) is 0 Å². The number of rotatable bonds is 3. The Morgan fingerprint density at radius 1 is 1.62 bits per heavy atom. The van der Waals surface area contributed by atoms with Gasteiger partial charge in [0.1, 0.15) is 5.03 Å². The van der Waals surface area contributed by atoms with Crippen LogP contribution >= 0.6 is 27.7 Å². The third kappa shape index (κ3) is 4.11. The van der Waals surface area contributed by atoms with E-state index >= 15 is 0 Å². The summed E-state index contributed by atoms with van der Waals surface area (Å²) < 4.78 is 0.976. The largest absolute Gasteiger partial charge is 0.390 e. The average molecular weight is 262 g/mol. The van der Waals surface area contributed by atoms with E-state index in [1.807, 2.05) is 12.1 Å². The molecule has 1 rings (SSSR count). The first kappa shape index (κ1) is 11.0. The van der Waals surface area contributed by atoms with Crippen molar-refractivity contribution in [3.63, 3.8) is 0 Å². The first-order valence-corrected chi connectivity index (χ1v) is 5.72. The van der Waals surface area contributed by atoms with Gasteiger partial charge in [-0.1, -0.05) is 0 Å². The zero-order valence-corrected chi connectivity index (χ0v) is 10.0. The molecule has 0 aliphatic carbocycles. The van der Waals surface area contributed by atoms with Crippen molar-refractivity contribution >= 4 is 27.7 Å². The Morgan fingerprint density at radius 2 is 2.31 bits per heavy atom. The summed E-state index contributed by atoms with van der Waals surface area (Å²) in [6.07, 6.45) is 1.75. The molecule has 0 radical (unpaired) electrons. The summed E-state index contributed by atoms with van der Waals surface area (Å²) in [7, 11) is 0. The van der Waals surface area contributed by atoms with Gasteiger partial charge < -0.3 is 5.11 Å². The topological polar surface area (TPSA) is 33.1 Å². The molecule has 0 amide bonds. The van der Waals surface area contributed by atoms with Crippen LogP contribution < -0.4 is 0 Å². The highest BCUT2D eigenvalue weighted by Gasteiger charge is 2.14. The molecule has 0 saturated carbocycles. The second-order valence-electron chi connectivity index (χ2n) is 3.39. The molecule has 1 aromatic rings. The summed E-state index contributed by atoms with van der Waals surface area (Å²) in [5, 5.41) is 10.4. The number of pyridine rings is 1. The highest BCUT2D eigenvalue weighted by molar-refractivity contribution is 9.10. The van der Waals surface area contributed by atoms with Gasteiger partial charge in [0.05, 0.1) is 5.60 Å². The van der Waals surface area contributed by atoms with Gasteiger partial charge in [0, 0.05) is 16.4 Å². The monoisotopic (exact) mass is 261 g/mol. The van der Waals surface area contributed by atoms with E-state index in [-0.39, 0.29) is 0 Å².